The third-order valence-corrected chi connectivity index (χ3v) is 4.76. The van der Waals surface area contributed by atoms with Gasteiger partial charge in [0.05, 0.1) is 26.9 Å². The van der Waals surface area contributed by atoms with Crippen molar-refractivity contribution in [3.05, 3.63) is 71.9 Å². The number of carbonyl (C=O) groups is 1. The van der Waals surface area contributed by atoms with E-state index < -0.39 is 5.97 Å². The Bertz CT molecular complexity index is 1250. The number of hydrogen-bond donors (Lipinski definition) is 0. The molecule has 0 spiro atoms. The Morgan fingerprint density at radius 3 is 2.44 bits per heavy atom. The lowest BCUT2D eigenvalue weighted by molar-refractivity contribution is 0.0734. The summed E-state index contributed by atoms with van der Waals surface area (Å²) < 4.78 is 32.3. The number of aromatic nitrogens is 1. The zero-order chi connectivity index (χ0) is 22.5. The van der Waals surface area contributed by atoms with Gasteiger partial charge in [-0.15, -0.1) is 0 Å². The average molecular weight is 435 g/mol. The summed E-state index contributed by atoms with van der Waals surface area (Å²) in [4.78, 5) is 12.5. The van der Waals surface area contributed by atoms with Gasteiger partial charge in [-0.05, 0) is 42.5 Å². The molecule has 0 aliphatic heterocycles. The molecule has 0 radical (unpaired) electrons. The summed E-state index contributed by atoms with van der Waals surface area (Å²) in [6, 6.07) is 17.1. The average Bonchev–Trinajstić information content (AvgIpc) is 3.24. The predicted molar refractivity (Wildman–Crippen MR) is 116 cm³/mol. The van der Waals surface area contributed by atoms with Gasteiger partial charge >= 0.3 is 5.97 Å². The minimum absolute atomic E-state index is 0.213. The molecule has 8 nitrogen and oxygen atoms in total. The van der Waals surface area contributed by atoms with Crippen LogP contribution in [0.3, 0.4) is 0 Å². The quantitative estimate of drug-likeness (QED) is 0.292. The molecule has 0 N–H and O–H groups in total. The number of fused-ring (bicyclic) bond motifs is 1. The fourth-order valence-electron chi connectivity index (χ4n) is 3.11. The van der Waals surface area contributed by atoms with Crippen LogP contribution < -0.4 is 23.7 Å². The van der Waals surface area contributed by atoms with Crippen molar-refractivity contribution >= 4 is 16.9 Å². The van der Waals surface area contributed by atoms with Crippen LogP contribution in [0.2, 0.25) is 0 Å². The fraction of sp³-hybridized carbons (Fsp3) is 0.167. The van der Waals surface area contributed by atoms with Crippen LogP contribution in [0.1, 0.15) is 16.1 Å². The van der Waals surface area contributed by atoms with Crippen molar-refractivity contribution in [3.8, 4) is 28.7 Å². The molecule has 0 saturated heterocycles. The second-order valence-corrected chi connectivity index (χ2v) is 6.71. The number of benzene rings is 3. The maximum atomic E-state index is 12.5. The molecule has 0 amide bonds. The van der Waals surface area contributed by atoms with Crippen molar-refractivity contribution < 1.29 is 33.0 Å². The van der Waals surface area contributed by atoms with E-state index in [0.717, 1.165) is 5.39 Å². The molecule has 4 aromatic rings. The molecule has 0 unspecified atom stereocenters. The van der Waals surface area contributed by atoms with E-state index in [9.17, 15) is 4.79 Å². The summed E-state index contributed by atoms with van der Waals surface area (Å²) in [5.41, 5.74) is 1.43. The second kappa shape index (κ2) is 9.30. The molecule has 3 aromatic carbocycles. The topological polar surface area (TPSA) is 89.2 Å². The summed E-state index contributed by atoms with van der Waals surface area (Å²) in [5, 5.41) is 4.83. The molecular weight excluding hydrogens is 414 g/mol. The SMILES string of the molecule is COc1cccc(OCc2noc3cc(OC(=O)c4ccc(OC)c(OC)c4)ccc23)c1. The first kappa shape index (κ1) is 21.0. The van der Waals surface area contributed by atoms with Crippen LogP contribution in [0.4, 0.5) is 0 Å². The predicted octanol–water partition coefficient (Wildman–Crippen LogP) is 4.65. The zero-order valence-corrected chi connectivity index (χ0v) is 17.8. The molecule has 0 aliphatic rings. The maximum absolute atomic E-state index is 12.5. The van der Waals surface area contributed by atoms with Crippen LogP contribution in [-0.2, 0) is 6.61 Å². The third kappa shape index (κ3) is 4.44. The molecule has 8 heteroatoms. The van der Waals surface area contributed by atoms with E-state index in [4.69, 9.17) is 28.2 Å². The summed E-state index contributed by atoms with van der Waals surface area (Å²) in [7, 11) is 4.62. The van der Waals surface area contributed by atoms with E-state index in [1.54, 1.807) is 49.6 Å². The number of ether oxygens (including phenoxy) is 5. The number of nitrogens with zero attached hydrogens (tertiary/aromatic N) is 1. The van der Waals surface area contributed by atoms with Crippen molar-refractivity contribution in [1.29, 1.82) is 0 Å². The van der Waals surface area contributed by atoms with Crippen molar-refractivity contribution in [2.45, 2.75) is 6.61 Å². The molecule has 32 heavy (non-hydrogen) atoms. The highest BCUT2D eigenvalue weighted by molar-refractivity contribution is 5.92. The van der Waals surface area contributed by atoms with E-state index in [1.165, 1.54) is 14.2 Å². The van der Waals surface area contributed by atoms with E-state index in [1.807, 2.05) is 18.2 Å². The molecule has 0 fully saturated rings. The van der Waals surface area contributed by atoms with E-state index >= 15 is 0 Å². The minimum atomic E-state index is -0.536. The number of carbonyl (C=O) groups excluding carboxylic acids is 1. The summed E-state index contributed by atoms with van der Waals surface area (Å²) in [6.45, 7) is 0.213. The van der Waals surface area contributed by atoms with Crippen molar-refractivity contribution in [3.63, 3.8) is 0 Å². The first-order valence-corrected chi connectivity index (χ1v) is 9.70. The molecule has 0 atom stereocenters. The zero-order valence-electron chi connectivity index (χ0n) is 17.8. The van der Waals surface area contributed by atoms with Crippen molar-refractivity contribution in [2.24, 2.45) is 0 Å². The number of hydrogen-bond acceptors (Lipinski definition) is 8. The molecule has 1 aromatic heterocycles. The lowest BCUT2D eigenvalue weighted by Gasteiger charge is -2.09. The standard InChI is InChI=1S/C24H21NO7/c1-27-16-5-4-6-17(12-16)30-14-20-19-9-8-18(13-22(19)32-25-20)31-24(26)15-7-10-21(28-2)23(11-15)29-3/h4-13H,14H2,1-3H3. The van der Waals surface area contributed by atoms with Gasteiger partial charge in [-0.1, -0.05) is 11.2 Å². The van der Waals surface area contributed by atoms with Crippen LogP contribution in [0.25, 0.3) is 11.0 Å². The van der Waals surface area contributed by atoms with Crippen molar-refractivity contribution in [2.75, 3.05) is 21.3 Å². The van der Waals surface area contributed by atoms with Gasteiger partial charge in [0, 0.05) is 17.5 Å². The van der Waals surface area contributed by atoms with Gasteiger partial charge in [0.2, 0.25) is 0 Å². The molecule has 4 rings (SSSR count). The Balaban J connectivity index is 1.47. The molecule has 0 bridgehead atoms. The lowest BCUT2D eigenvalue weighted by atomic mass is 10.2. The van der Waals surface area contributed by atoms with Crippen molar-refractivity contribution in [1.82, 2.24) is 5.16 Å². The van der Waals surface area contributed by atoms with Gasteiger partial charge < -0.3 is 28.2 Å². The van der Waals surface area contributed by atoms with Crippen LogP contribution in [-0.4, -0.2) is 32.5 Å². The van der Waals surface area contributed by atoms with Crippen LogP contribution in [0.15, 0.2) is 65.2 Å². The highest BCUT2D eigenvalue weighted by Crippen LogP contribution is 2.29. The number of rotatable bonds is 8. The van der Waals surface area contributed by atoms with Gasteiger partial charge in [-0.25, -0.2) is 4.79 Å². The number of esters is 1. The fourth-order valence-corrected chi connectivity index (χ4v) is 3.11. The highest BCUT2D eigenvalue weighted by atomic mass is 16.5. The minimum Gasteiger partial charge on any atom is -0.497 e. The van der Waals surface area contributed by atoms with Gasteiger partial charge in [-0.2, -0.15) is 0 Å². The molecule has 0 saturated carbocycles. The number of methoxy groups -OCH3 is 3. The van der Waals surface area contributed by atoms with Gasteiger partial charge in [0.1, 0.15) is 29.5 Å². The van der Waals surface area contributed by atoms with E-state index in [2.05, 4.69) is 5.16 Å². The Morgan fingerprint density at radius 2 is 1.66 bits per heavy atom. The van der Waals surface area contributed by atoms with Crippen LogP contribution in [0.5, 0.6) is 28.7 Å². The molecular formula is C24H21NO7. The molecule has 0 aliphatic carbocycles. The van der Waals surface area contributed by atoms with Gasteiger partial charge in [0.15, 0.2) is 17.1 Å². The smallest absolute Gasteiger partial charge is 0.343 e. The summed E-state index contributed by atoms with van der Waals surface area (Å²) >= 11 is 0. The maximum Gasteiger partial charge on any atom is 0.343 e. The first-order valence-electron chi connectivity index (χ1n) is 9.70. The third-order valence-electron chi connectivity index (χ3n) is 4.76. The summed E-state index contributed by atoms with van der Waals surface area (Å²) in [5.74, 6) is 2.11. The Labute approximate surface area is 184 Å². The lowest BCUT2D eigenvalue weighted by Crippen LogP contribution is -2.08. The Hall–Kier alpha value is -4.20. The van der Waals surface area contributed by atoms with Gasteiger partial charge in [0.25, 0.3) is 0 Å². The molecule has 164 valence electrons. The Kier molecular flexibility index (Phi) is 6.12. The normalized spacial score (nSPS) is 10.6. The van der Waals surface area contributed by atoms with E-state index in [-0.39, 0.29) is 6.61 Å². The van der Waals surface area contributed by atoms with E-state index in [0.29, 0.717) is 45.6 Å². The first-order chi connectivity index (χ1) is 15.6. The second-order valence-electron chi connectivity index (χ2n) is 6.71. The van der Waals surface area contributed by atoms with Crippen LogP contribution >= 0.6 is 0 Å². The summed E-state index contributed by atoms with van der Waals surface area (Å²) in [6.07, 6.45) is 0. The Morgan fingerprint density at radius 1 is 0.844 bits per heavy atom. The van der Waals surface area contributed by atoms with Gasteiger partial charge in [-0.3, -0.25) is 0 Å². The highest BCUT2D eigenvalue weighted by Gasteiger charge is 2.15. The molecule has 1 heterocycles. The van der Waals surface area contributed by atoms with Crippen LogP contribution in [0, 0.1) is 0 Å². The monoisotopic (exact) mass is 435 g/mol. The largest absolute Gasteiger partial charge is 0.497 e.